The lowest BCUT2D eigenvalue weighted by atomic mass is 10.1. The molecule has 0 saturated carbocycles. The minimum atomic E-state index is 0.717. The highest BCUT2D eigenvalue weighted by molar-refractivity contribution is 5.63. The third kappa shape index (κ3) is 5.16. The molecule has 2 N–H and O–H groups in total. The molecule has 0 aliphatic carbocycles. The van der Waals surface area contributed by atoms with Gasteiger partial charge in [-0.05, 0) is 62.1 Å². The Balaban J connectivity index is 1.67. The van der Waals surface area contributed by atoms with Gasteiger partial charge in [-0.1, -0.05) is 18.2 Å². The van der Waals surface area contributed by atoms with Gasteiger partial charge in [-0.15, -0.1) is 0 Å². The van der Waals surface area contributed by atoms with Gasteiger partial charge in [0.05, 0.1) is 14.2 Å². The number of aryl methyl sites for hydroxylation is 2. The molecule has 0 atom stereocenters. The number of nitrogens with one attached hydrogen (secondary N) is 2. The molecule has 0 aliphatic rings. The first-order valence-corrected chi connectivity index (χ1v) is 9.64. The largest absolute Gasteiger partial charge is 0.493 e. The first kappa shape index (κ1) is 20.5. The van der Waals surface area contributed by atoms with Crippen molar-refractivity contribution >= 4 is 17.3 Å². The van der Waals surface area contributed by atoms with Crippen LogP contribution in [0.2, 0.25) is 0 Å². The van der Waals surface area contributed by atoms with Crippen molar-refractivity contribution in [1.29, 1.82) is 0 Å². The van der Waals surface area contributed by atoms with Crippen LogP contribution in [0.4, 0.5) is 17.3 Å². The van der Waals surface area contributed by atoms with Gasteiger partial charge < -0.3 is 20.1 Å². The predicted molar refractivity (Wildman–Crippen MR) is 118 cm³/mol. The van der Waals surface area contributed by atoms with Crippen LogP contribution >= 0.6 is 0 Å². The van der Waals surface area contributed by atoms with Crippen molar-refractivity contribution < 1.29 is 9.47 Å². The van der Waals surface area contributed by atoms with Crippen LogP contribution in [0.1, 0.15) is 22.5 Å². The number of hydrogen-bond acceptors (Lipinski definition) is 6. The smallest absolute Gasteiger partial charge is 0.160 e. The normalized spacial score (nSPS) is 10.5. The fourth-order valence-electron chi connectivity index (χ4n) is 3.12. The lowest BCUT2D eigenvalue weighted by Gasteiger charge is -2.13. The van der Waals surface area contributed by atoms with Crippen molar-refractivity contribution in [3.8, 4) is 11.5 Å². The minimum absolute atomic E-state index is 0.717. The molecule has 0 radical (unpaired) electrons. The number of aromatic nitrogens is 2. The van der Waals surface area contributed by atoms with Gasteiger partial charge in [0, 0.05) is 18.3 Å². The molecule has 0 spiro atoms. The number of hydrogen-bond donors (Lipinski definition) is 2. The van der Waals surface area contributed by atoms with E-state index in [0.717, 1.165) is 47.4 Å². The molecule has 29 heavy (non-hydrogen) atoms. The van der Waals surface area contributed by atoms with Crippen LogP contribution in [0.25, 0.3) is 0 Å². The van der Waals surface area contributed by atoms with E-state index >= 15 is 0 Å². The van der Waals surface area contributed by atoms with Crippen molar-refractivity contribution in [2.75, 3.05) is 31.4 Å². The van der Waals surface area contributed by atoms with Crippen LogP contribution in [-0.4, -0.2) is 30.7 Å². The Bertz CT molecular complexity index is 989. The number of ether oxygens (including phenoxy) is 2. The maximum Gasteiger partial charge on any atom is 0.160 e. The molecule has 0 amide bonds. The van der Waals surface area contributed by atoms with Gasteiger partial charge >= 0.3 is 0 Å². The van der Waals surface area contributed by atoms with Gasteiger partial charge in [-0.3, -0.25) is 0 Å². The van der Waals surface area contributed by atoms with E-state index < -0.39 is 0 Å². The highest BCUT2D eigenvalue weighted by Crippen LogP contribution is 2.28. The van der Waals surface area contributed by atoms with Gasteiger partial charge in [0.25, 0.3) is 0 Å². The Labute approximate surface area is 172 Å². The summed E-state index contributed by atoms with van der Waals surface area (Å²) >= 11 is 0. The fourth-order valence-corrected chi connectivity index (χ4v) is 3.12. The lowest BCUT2D eigenvalue weighted by Crippen LogP contribution is -2.09. The lowest BCUT2D eigenvalue weighted by molar-refractivity contribution is 0.354. The quantitative estimate of drug-likeness (QED) is 0.573. The zero-order chi connectivity index (χ0) is 20.8. The second kappa shape index (κ2) is 9.28. The van der Waals surface area contributed by atoms with Crippen LogP contribution in [0.3, 0.4) is 0 Å². The van der Waals surface area contributed by atoms with Crippen LogP contribution in [0.15, 0.2) is 42.5 Å². The molecule has 6 nitrogen and oxygen atoms in total. The molecule has 3 aromatic rings. The Hall–Kier alpha value is -3.28. The maximum absolute atomic E-state index is 5.37. The van der Waals surface area contributed by atoms with E-state index in [2.05, 4.69) is 46.6 Å². The SMILES string of the molecule is COc1ccc(CCNc2cc(Nc3cccc(C)c3C)nc(C)n2)cc1OC. The molecule has 1 aromatic heterocycles. The molecule has 0 unspecified atom stereocenters. The molecule has 0 fully saturated rings. The third-order valence-corrected chi connectivity index (χ3v) is 4.87. The van der Waals surface area contributed by atoms with Crippen LogP contribution < -0.4 is 20.1 Å². The standard InChI is InChI=1S/C23H28N4O2/c1-15-7-6-8-19(16(15)2)27-23-14-22(25-17(3)26-23)24-12-11-18-9-10-20(28-4)21(13-18)29-5/h6-10,13-14H,11-12H2,1-5H3,(H2,24,25,26,27). The average Bonchev–Trinajstić information content (AvgIpc) is 2.71. The topological polar surface area (TPSA) is 68.3 Å². The summed E-state index contributed by atoms with van der Waals surface area (Å²) < 4.78 is 10.7. The zero-order valence-corrected chi connectivity index (χ0v) is 17.7. The van der Waals surface area contributed by atoms with Crippen molar-refractivity contribution in [2.24, 2.45) is 0 Å². The molecule has 2 aromatic carbocycles. The molecule has 0 aliphatic heterocycles. The third-order valence-electron chi connectivity index (χ3n) is 4.87. The van der Waals surface area contributed by atoms with Crippen LogP contribution in [-0.2, 0) is 6.42 Å². The van der Waals surface area contributed by atoms with Crippen molar-refractivity contribution in [1.82, 2.24) is 9.97 Å². The molecule has 1 heterocycles. The van der Waals surface area contributed by atoms with E-state index in [4.69, 9.17) is 9.47 Å². The summed E-state index contributed by atoms with van der Waals surface area (Å²) in [4.78, 5) is 9.02. The zero-order valence-electron chi connectivity index (χ0n) is 17.7. The number of methoxy groups -OCH3 is 2. The first-order chi connectivity index (χ1) is 14.0. The van der Waals surface area contributed by atoms with E-state index in [0.29, 0.717) is 5.82 Å². The summed E-state index contributed by atoms with van der Waals surface area (Å²) in [5.41, 5.74) is 4.68. The molecular weight excluding hydrogens is 364 g/mol. The Morgan fingerprint density at radius 3 is 2.38 bits per heavy atom. The van der Waals surface area contributed by atoms with Gasteiger partial charge in [0.15, 0.2) is 11.5 Å². The monoisotopic (exact) mass is 392 g/mol. The Morgan fingerprint density at radius 2 is 1.62 bits per heavy atom. The number of benzene rings is 2. The van der Waals surface area contributed by atoms with Gasteiger partial charge in [-0.25, -0.2) is 9.97 Å². The van der Waals surface area contributed by atoms with E-state index in [1.165, 1.54) is 11.1 Å². The van der Waals surface area contributed by atoms with Gasteiger partial charge in [0.1, 0.15) is 17.5 Å². The molecule has 3 rings (SSSR count). The highest BCUT2D eigenvalue weighted by atomic mass is 16.5. The van der Waals surface area contributed by atoms with Gasteiger partial charge in [-0.2, -0.15) is 0 Å². The summed E-state index contributed by atoms with van der Waals surface area (Å²) in [7, 11) is 3.29. The molecule has 0 saturated heterocycles. The van der Waals surface area contributed by atoms with E-state index in [9.17, 15) is 0 Å². The molecule has 0 bridgehead atoms. The predicted octanol–water partition coefficient (Wildman–Crippen LogP) is 4.82. The maximum atomic E-state index is 5.37. The Kier molecular flexibility index (Phi) is 6.54. The average molecular weight is 393 g/mol. The first-order valence-electron chi connectivity index (χ1n) is 9.64. The summed E-state index contributed by atoms with van der Waals surface area (Å²) in [6.45, 7) is 6.85. The summed E-state index contributed by atoms with van der Waals surface area (Å²) in [5, 5.41) is 6.80. The Morgan fingerprint density at radius 1 is 0.862 bits per heavy atom. The summed E-state index contributed by atoms with van der Waals surface area (Å²) in [6.07, 6.45) is 0.836. The van der Waals surface area contributed by atoms with E-state index in [1.54, 1.807) is 14.2 Å². The summed E-state index contributed by atoms with van der Waals surface area (Å²) in [5.74, 6) is 3.76. The van der Waals surface area contributed by atoms with E-state index in [-0.39, 0.29) is 0 Å². The minimum Gasteiger partial charge on any atom is -0.493 e. The van der Waals surface area contributed by atoms with Crippen LogP contribution in [0, 0.1) is 20.8 Å². The number of rotatable bonds is 8. The second-order valence-electron chi connectivity index (χ2n) is 6.92. The van der Waals surface area contributed by atoms with Crippen molar-refractivity contribution in [3.05, 3.63) is 65.0 Å². The summed E-state index contributed by atoms with van der Waals surface area (Å²) in [6, 6.07) is 14.1. The highest BCUT2D eigenvalue weighted by Gasteiger charge is 2.07. The fraction of sp³-hybridized carbons (Fsp3) is 0.304. The molecule has 152 valence electrons. The van der Waals surface area contributed by atoms with E-state index in [1.807, 2.05) is 37.3 Å². The number of anilines is 3. The van der Waals surface area contributed by atoms with Crippen LogP contribution in [0.5, 0.6) is 11.5 Å². The van der Waals surface area contributed by atoms with Crippen molar-refractivity contribution in [2.45, 2.75) is 27.2 Å². The number of nitrogens with zero attached hydrogens (tertiary/aromatic N) is 2. The second-order valence-corrected chi connectivity index (χ2v) is 6.92. The molecular formula is C23H28N4O2. The van der Waals surface area contributed by atoms with Crippen molar-refractivity contribution in [3.63, 3.8) is 0 Å². The van der Waals surface area contributed by atoms with Gasteiger partial charge in [0.2, 0.25) is 0 Å². The molecule has 6 heteroatoms.